The summed E-state index contributed by atoms with van der Waals surface area (Å²) >= 11 is 0. The van der Waals surface area contributed by atoms with E-state index in [0.717, 1.165) is 6.07 Å². The maximum Gasteiger partial charge on any atom is 0.266 e. The van der Waals surface area contributed by atoms with Crippen LogP contribution in [-0.4, -0.2) is 35.7 Å². The third-order valence-electron chi connectivity index (χ3n) is 3.41. The summed E-state index contributed by atoms with van der Waals surface area (Å²) in [6, 6.07) is 4.48. The Morgan fingerprint density at radius 2 is 1.56 bits per heavy atom. The summed E-state index contributed by atoms with van der Waals surface area (Å²) < 4.78 is 66.3. The fourth-order valence-corrected chi connectivity index (χ4v) is 3.07. The first-order valence-corrected chi connectivity index (χ1v) is 8.79. The Kier molecular flexibility index (Phi) is 6.18. The van der Waals surface area contributed by atoms with Gasteiger partial charge in [0.05, 0.1) is 21.3 Å². The van der Waals surface area contributed by atoms with Crippen molar-refractivity contribution in [2.75, 3.05) is 21.3 Å². The van der Waals surface area contributed by atoms with Gasteiger partial charge in [-0.3, -0.25) is 10.2 Å². The van der Waals surface area contributed by atoms with E-state index in [1.165, 1.54) is 33.5 Å². The van der Waals surface area contributed by atoms with Gasteiger partial charge in [0.2, 0.25) is 5.75 Å². The summed E-state index contributed by atoms with van der Waals surface area (Å²) in [5, 5.41) is 0. The summed E-state index contributed by atoms with van der Waals surface area (Å²) in [6.07, 6.45) is 0. The average molecular weight is 402 g/mol. The number of sulfonamides is 1. The van der Waals surface area contributed by atoms with Gasteiger partial charge in [-0.05, 0) is 30.3 Å². The third-order valence-corrected chi connectivity index (χ3v) is 4.67. The number of ether oxygens (including phenoxy) is 3. The Balaban J connectivity index is 2.26. The van der Waals surface area contributed by atoms with Gasteiger partial charge < -0.3 is 14.2 Å². The Bertz CT molecular complexity index is 940. The number of benzene rings is 2. The summed E-state index contributed by atoms with van der Waals surface area (Å²) in [6.45, 7) is 0. The molecule has 2 aromatic carbocycles. The monoisotopic (exact) mass is 402 g/mol. The average Bonchev–Trinajstić information content (AvgIpc) is 2.66. The normalized spacial score (nSPS) is 11.0. The first-order chi connectivity index (χ1) is 12.7. The standard InChI is InChI=1S/C16H16F2N2O6S/c1-24-12-6-9(7-13(25-2)15(12)26-3)16(21)19-20-27(22,23)14-8-10(17)4-5-11(14)18/h4-8,20H,1-3H3,(H,19,21). The van der Waals surface area contributed by atoms with Crippen molar-refractivity contribution in [3.05, 3.63) is 47.5 Å². The van der Waals surface area contributed by atoms with Crippen molar-refractivity contribution >= 4 is 15.9 Å². The molecule has 0 fully saturated rings. The first-order valence-electron chi connectivity index (χ1n) is 7.30. The molecular weight excluding hydrogens is 386 g/mol. The zero-order valence-electron chi connectivity index (χ0n) is 14.5. The molecule has 0 heterocycles. The number of nitrogens with one attached hydrogen (secondary N) is 2. The van der Waals surface area contributed by atoms with E-state index in [1.807, 2.05) is 5.43 Å². The second-order valence-corrected chi connectivity index (χ2v) is 6.70. The van der Waals surface area contributed by atoms with Crippen LogP contribution in [0.1, 0.15) is 10.4 Å². The van der Waals surface area contributed by atoms with Gasteiger partial charge >= 0.3 is 0 Å². The number of carbonyl (C=O) groups is 1. The number of hydrazine groups is 1. The molecule has 27 heavy (non-hydrogen) atoms. The lowest BCUT2D eigenvalue weighted by Crippen LogP contribution is -2.41. The highest BCUT2D eigenvalue weighted by molar-refractivity contribution is 7.89. The van der Waals surface area contributed by atoms with Crippen molar-refractivity contribution in [1.29, 1.82) is 0 Å². The van der Waals surface area contributed by atoms with E-state index < -0.39 is 32.5 Å². The van der Waals surface area contributed by atoms with Crippen LogP contribution < -0.4 is 24.5 Å². The lowest BCUT2D eigenvalue weighted by atomic mass is 10.1. The minimum absolute atomic E-state index is 0.0353. The Hall–Kier alpha value is -2.92. The van der Waals surface area contributed by atoms with E-state index in [2.05, 4.69) is 0 Å². The molecule has 0 aliphatic carbocycles. The predicted octanol–water partition coefficient (Wildman–Crippen LogP) is 1.61. The number of hydrogen-bond acceptors (Lipinski definition) is 6. The van der Waals surface area contributed by atoms with Crippen LogP contribution in [-0.2, 0) is 10.0 Å². The summed E-state index contributed by atoms with van der Waals surface area (Å²) in [7, 11) is -0.485. The molecule has 2 N–H and O–H groups in total. The van der Waals surface area contributed by atoms with E-state index >= 15 is 0 Å². The number of methoxy groups -OCH3 is 3. The molecule has 0 bridgehead atoms. The van der Waals surface area contributed by atoms with Crippen molar-refractivity contribution in [2.24, 2.45) is 0 Å². The summed E-state index contributed by atoms with van der Waals surface area (Å²) in [5.41, 5.74) is 1.87. The van der Waals surface area contributed by atoms with Crippen LogP contribution in [0.25, 0.3) is 0 Å². The summed E-state index contributed by atoms with van der Waals surface area (Å²) in [4.78, 5) is 13.0. The fourth-order valence-electron chi connectivity index (χ4n) is 2.14. The van der Waals surface area contributed by atoms with Crippen LogP contribution in [0.2, 0.25) is 0 Å². The number of halogens is 2. The minimum atomic E-state index is -4.54. The van der Waals surface area contributed by atoms with Crippen molar-refractivity contribution in [1.82, 2.24) is 10.3 Å². The second kappa shape index (κ2) is 8.18. The minimum Gasteiger partial charge on any atom is -0.493 e. The van der Waals surface area contributed by atoms with Crippen LogP contribution in [0.4, 0.5) is 8.78 Å². The van der Waals surface area contributed by atoms with Gasteiger partial charge in [0.25, 0.3) is 15.9 Å². The van der Waals surface area contributed by atoms with E-state index in [-0.39, 0.29) is 22.8 Å². The van der Waals surface area contributed by atoms with Gasteiger partial charge in [-0.15, -0.1) is 4.83 Å². The molecule has 0 radical (unpaired) electrons. The zero-order chi connectivity index (χ0) is 20.2. The van der Waals surface area contributed by atoms with Crippen molar-refractivity contribution in [3.63, 3.8) is 0 Å². The lowest BCUT2D eigenvalue weighted by Gasteiger charge is -2.14. The second-order valence-electron chi connectivity index (χ2n) is 5.05. The Morgan fingerprint density at radius 1 is 0.963 bits per heavy atom. The fraction of sp³-hybridized carbons (Fsp3) is 0.188. The molecule has 0 aliphatic rings. The molecule has 11 heteroatoms. The molecule has 0 aromatic heterocycles. The predicted molar refractivity (Wildman–Crippen MR) is 90.2 cm³/mol. The van der Waals surface area contributed by atoms with E-state index in [9.17, 15) is 22.0 Å². The summed E-state index contributed by atoms with van der Waals surface area (Å²) in [5.74, 6) is -2.45. The van der Waals surface area contributed by atoms with Crippen molar-refractivity contribution in [2.45, 2.75) is 4.90 Å². The highest BCUT2D eigenvalue weighted by Crippen LogP contribution is 2.38. The molecule has 8 nitrogen and oxygen atoms in total. The first kappa shape index (κ1) is 20.4. The van der Waals surface area contributed by atoms with E-state index in [1.54, 1.807) is 4.83 Å². The van der Waals surface area contributed by atoms with Crippen LogP contribution in [0.3, 0.4) is 0 Å². The van der Waals surface area contributed by atoms with Gasteiger partial charge in [0.1, 0.15) is 16.5 Å². The molecule has 0 saturated carbocycles. The maximum absolute atomic E-state index is 13.6. The smallest absolute Gasteiger partial charge is 0.266 e. The molecule has 0 atom stereocenters. The van der Waals surface area contributed by atoms with Gasteiger partial charge in [0, 0.05) is 5.56 Å². The van der Waals surface area contributed by atoms with Gasteiger partial charge in [-0.2, -0.15) is 0 Å². The largest absolute Gasteiger partial charge is 0.493 e. The zero-order valence-corrected chi connectivity index (χ0v) is 15.3. The molecule has 0 unspecified atom stereocenters. The highest BCUT2D eigenvalue weighted by Gasteiger charge is 2.22. The maximum atomic E-state index is 13.6. The third kappa shape index (κ3) is 4.44. The van der Waals surface area contributed by atoms with E-state index in [4.69, 9.17) is 14.2 Å². The van der Waals surface area contributed by atoms with Crippen LogP contribution in [0.5, 0.6) is 17.2 Å². The lowest BCUT2D eigenvalue weighted by molar-refractivity contribution is 0.0944. The number of carbonyl (C=O) groups excluding carboxylic acids is 1. The molecule has 0 saturated heterocycles. The highest BCUT2D eigenvalue weighted by atomic mass is 32.2. The Labute approximate surface area is 154 Å². The molecule has 0 aliphatic heterocycles. The van der Waals surface area contributed by atoms with Crippen molar-refractivity contribution < 1.29 is 36.2 Å². The SMILES string of the molecule is COc1cc(C(=O)NNS(=O)(=O)c2cc(F)ccc2F)cc(OC)c1OC. The number of amides is 1. The van der Waals surface area contributed by atoms with Crippen LogP contribution in [0.15, 0.2) is 35.2 Å². The van der Waals surface area contributed by atoms with Crippen LogP contribution in [0, 0.1) is 11.6 Å². The molecule has 146 valence electrons. The van der Waals surface area contributed by atoms with Gasteiger partial charge in [-0.1, -0.05) is 0 Å². The van der Waals surface area contributed by atoms with Crippen LogP contribution >= 0.6 is 0 Å². The molecule has 1 amide bonds. The Morgan fingerprint density at radius 3 is 2.07 bits per heavy atom. The number of rotatable bonds is 7. The van der Waals surface area contributed by atoms with Crippen molar-refractivity contribution in [3.8, 4) is 17.2 Å². The molecule has 2 aromatic rings. The topological polar surface area (TPSA) is 103 Å². The van der Waals surface area contributed by atoms with Gasteiger partial charge in [-0.25, -0.2) is 17.2 Å². The molecular formula is C16H16F2N2O6S. The quantitative estimate of drug-likeness (QED) is 0.683. The van der Waals surface area contributed by atoms with Gasteiger partial charge in [0.15, 0.2) is 11.5 Å². The molecule has 2 rings (SSSR count). The number of hydrogen-bond donors (Lipinski definition) is 2. The molecule has 0 spiro atoms. The van der Waals surface area contributed by atoms with E-state index in [0.29, 0.717) is 12.1 Å².